The van der Waals surface area contributed by atoms with E-state index in [4.69, 9.17) is 4.74 Å². The summed E-state index contributed by atoms with van der Waals surface area (Å²) in [7, 11) is 0. The van der Waals surface area contributed by atoms with Crippen LogP contribution in [0.4, 0.5) is 0 Å². The molecule has 1 saturated carbocycles. The van der Waals surface area contributed by atoms with Gasteiger partial charge in [-0.3, -0.25) is 0 Å². The lowest BCUT2D eigenvalue weighted by Gasteiger charge is -2.34. The maximum Gasteiger partial charge on any atom is 0.0590 e. The van der Waals surface area contributed by atoms with E-state index in [-0.39, 0.29) is 0 Å². The van der Waals surface area contributed by atoms with E-state index in [9.17, 15) is 0 Å². The van der Waals surface area contributed by atoms with E-state index >= 15 is 0 Å². The molecule has 3 atom stereocenters. The molecule has 1 aliphatic carbocycles. The zero-order valence-corrected chi connectivity index (χ0v) is 10.9. The first kappa shape index (κ1) is 12.4. The van der Waals surface area contributed by atoms with Crippen LogP contribution in [0, 0.1) is 11.8 Å². The smallest absolute Gasteiger partial charge is 0.0590 e. The Hall–Kier alpha value is -0.0800. The number of rotatable bonds is 6. The lowest BCUT2D eigenvalue weighted by atomic mass is 9.77. The quantitative estimate of drug-likeness (QED) is 0.750. The third-order valence-corrected chi connectivity index (χ3v) is 4.42. The van der Waals surface area contributed by atoms with Crippen molar-refractivity contribution in [1.29, 1.82) is 0 Å². The fourth-order valence-electron chi connectivity index (χ4n) is 3.10. The normalized spacial score (nSPS) is 32.6. The molecule has 2 nitrogen and oxygen atoms in total. The average Bonchev–Trinajstić information content (AvgIpc) is 2.62. The van der Waals surface area contributed by atoms with Crippen LogP contribution in [0.25, 0.3) is 0 Å². The highest BCUT2D eigenvalue weighted by Crippen LogP contribution is 2.35. The monoisotopic (exact) mass is 225 g/mol. The molecule has 3 unspecified atom stereocenters. The molecule has 16 heavy (non-hydrogen) atoms. The summed E-state index contributed by atoms with van der Waals surface area (Å²) in [5, 5.41) is 3.76. The Bertz CT molecular complexity index is 203. The van der Waals surface area contributed by atoms with Crippen molar-refractivity contribution < 1.29 is 4.74 Å². The SMILES string of the molecule is CCCNC(CC1CCC1)C1CCOC1C. The largest absolute Gasteiger partial charge is 0.378 e. The van der Waals surface area contributed by atoms with E-state index < -0.39 is 0 Å². The van der Waals surface area contributed by atoms with E-state index in [1.807, 2.05) is 0 Å². The fourth-order valence-corrected chi connectivity index (χ4v) is 3.10. The average molecular weight is 225 g/mol. The van der Waals surface area contributed by atoms with Gasteiger partial charge in [0.2, 0.25) is 0 Å². The van der Waals surface area contributed by atoms with Gasteiger partial charge in [0, 0.05) is 18.6 Å². The van der Waals surface area contributed by atoms with E-state index in [2.05, 4.69) is 19.2 Å². The Morgan fingerprint density at radius 1 is 1.31 bits per heavy atom. The Balaban J connectivity index is 1.84. The summed E-state index contributed by atoms with van der Waals surface area (Å²) < 4.78 is 5.72. The molecule has 0 aromatic rings. The van der Waals surface area contributed by atoms with E-state index in [1.54, 1.807) is 0 Å². The molecule has 0 bridgehead atoms. The molecule has 0 spiro atoms. The lowest BCUT2D eigenvalue weighted by Crippen LogP contribution is -2.41. The van der Waals surface area contributed by atoms with Crippen LogP contribution in [0.3, 0.4) is 0 Å². The van der Waals surface area contributed by atoms with Gasteiger partial charge in [0.05, 0.1) is 6.10 Å². The van der Waals surface area contributed by atoms with Crippen LogP contribution >= 0.6 is 0 Å². The zero-order chi connectivity index (χ0) is 11.4. The molecule has 0 aromatic heterocycles. The molecule has 0 radical (unpaired) electrons. The van der Waals surface area contributed by atoms with Crippen molar-refractivity contribution in [3.63, 3.8) is 0 Å². The molecule has 0 amide bonds. The Morgan fingerprint density at radius 3 is 2.62 bits per heavy atom. The first-order valence-electron chi connectivity index (χ1n) is 7.16. The molecule has 2 heteroatoms. The zero-order valence-electron chi connectivity index (χ0n) is 10.9. The van der Waals surface area contributed by atoms with Gasteiger partial charge >= 0.3 is 0 Å². The van der Waals surface area contributed by atoms with Crippen LogP contribution < -0.4 is 5.32 Å². The van der Waals surface area contributed by atoms with E-state index in [0.717, 1.165) is 18.4 Å². The van der Waals surface area contributed by atoms with Crippen LogP contribution in [-0.2, 0) is 4.74 Å². The molecule has 1 saturated heterocycles. The van der Waals surface area contributed by atoms with Gasteiger partial charge in [-0.05, 0) is 38.6 Å². The molecule has 1 N–H and O–H groups in total. The van der Waals surface area contributed by atoms with Crippen molar-refractivity contribution in [2.24, 2.45) is 11.8 Å². The highest BCUT2D eigenvalue weighted by molar-refractivity contribution is 4.87. The summed E-state index contributed by atoms with van der Waals surface area (Å²) in [6.07, 6.45) is 8.74. The van der Waals surface area contributed by atoms with Crippen LogP contribution in [-0.4, -0.2) is 25.3 Å². The van der Waals surface area contributed by atoms with Gasteiger partial charge in [0.15, 0.2) is 0 Å². The van der Waals surface area contributed by atoms with Crippen molar-refractivity contribution in [3.05, 3.63) is 0 Å². The van der Waals surface area contributed by atoms with Crippen molar-refractivity contribution in [3.8, 4) is 0 Å². The molecular weight excluding hydrogens is 198 g/mol. The Kier molecular flexibility index (Phi) is 4.66. The minimum absolute atomic E-state index is 0.467. The van der Waals surface area contributed by atoms with Crippen LogP contribution in [0.1, 0.15) is 52.4 Å². The van der Waals surface area contributed by atoms with Crippen molar-refractivity contribution in [2.45, 2.75) is 64.5 Å². The molecule has 2 aliphatic rings. The molecule has 1 heterocycles. The van der Waals surface area contributed by atoms with E-state index in [0.29, 0.717) is 12.1 Å². The van der Waals surface area contributed by atoms with Crippen LogP contribution in [0.5, 0.6) is 0 Å². The first-order chi connectivity index (χ1) is 7.81. The van der Waals surface area contributed by atoms with Gasteiger partial charge in [-0.25, -0.2) is 0 Å². The standard InChI is InChI=1S/C14H27NO/c1-3-8-15-14(10-12-5-4-6-12)13-7-9-16-11(13)2/h11-15H,3-10H2,1-2H3. The Labute approximate surface area is 100 Å². The number of ether oxygens (including phenoxy) is 1. The number of nitrogens with one attached hydrogen (secondary N) is 1. The molecule has 0 aromatic carbocycles. The number of hydrogen-bond donors (Lipinski definition) is 1. The Morgan fingerprint density at radius 2 is 2.12 bits per heavy atom. The van der Waals surface area contributed by atoms with Gasteiger partial charge in [0.25, 0.3) is 0 Å². The molecule has 2 rings (SSSR count). The third kappa shape index (κ3) is 2.98. The maximum atomic E-state index is 5.72. The third-order valence-electron chi connectivity index (χ3n) is 4.42. The van der Waals surface area contributed by atoms with Gasteiger partial charge in [0.1, 0.15) is 0 Å². The van der Waals surface area contributed by atoms with Crippen molar-refractivity contribution in [2.75, 3.05) is 13.2 Å². The fraction of sp³-hybridized carbons (Fsp3) is 1.00. The molecule has 94 valence electrons. The number of hydrogen-bond acceptors (Lipinski definition) is 2. The van der Waals surface area contributed by atoms with Gasteiger partial charge in [-0.15, -0.1) is 0 Å². The second-order valence-electron chi connectivity index (χ2n) is 5.62. The van der Waals surface area contributed by atoms with Crippen LogP contribution in [0.15, 0.2) is 0 Å². The summed E-state index contributed by atoms with van der Waals surface area (Å²) >= 11 is 0. The van der Waals surface area contributed by atoms with Crippen molar-refractivity contribution >= 4 is 0 Å². The second-order valence-corrected chi connectivity index (χ2v) is 5.62. The predicted molar refractivity (Wildman–Crippen MR) is 67.6 cm³/mol. The predicted octanol–water partition coefficient (Wildman–Crippen LogP) is 2.97. The lowest BCUT2D eigenvalue weighted by molar-refractivity contribution is 0.0887. The highest BCUT2D eigenvalue weighted by Gasteiger charge is 2.33. The highest BCUT2D eigenvalue weighted by atomic mass is 16.5. The van der Waals surface area contributed by atoms with Gasteiger partial charge < -0.3 is 10.1 Å². The summed E-state index contributed by atoms with van der Waals surface area (Å²) in [4.78, 5) is 0. The topological polar surface area (TPSA) is 21.3 Å². The molecule has 1 aliphatic heterocycles. The molecular formula is C14H27NO. The van der Waals surface area contributed by atoms with Gasteiger partial charge in [-0.2, -0.15) is 0 Å². The summed E-state index contributed by atoms with van der Waals surface area (Å²) in [6.45, 7) is 6.64. The van der Waals surface area contributed by atoms with E-state index in [1.165, 1.54) is 45.1 Å². The molecule has 2 fully saturated rings. The minimum Gasteiger partial charge on any atom is -0.378 e. The second kappa shape index (κ2) is 6.02. The van der Waals surface area contributed by atoms with Crippen LogP contribution in [0.2, 0.25) is 0 Å². The maximum absolute atomic E-state index is 5.72. The summed E-state index contributed by atoms with van der Waals surface area (Å²) in [6, 6.07) is 0.711. The first-order valence-corrected chi connectivity index (χ1v) is 7.16. The van der Waals surface area contributed by atoms with Crippen molar-refractivity contribution in [1.82, 2.24) is 5.32 Å². The minimum atomic E-state index is 0.467. The summed E-state index contributed by atoms with van der Waals surface area (Å²) in [5.41, 5.74) is 0. The van der Waals surface area contributed by atoms with Gasteiger partial charge in [-0.1, -0.05) is 26.2 Å². The summed E-state index contributed by atoms with van der Waals surface area (Å²) in [5.74, 6) is 1.76.